The van der Waals surface area contributed by atoms with Crippen molar-refractivity contribution in [3.63, 3.8) is 0 Å². The average Bonchev–Trinajstić information content (AvgIpc) is 3.05. The fourth-order valence-corrected chi connectivity index (χ4v) is 3.47. The van der Waals surface area contributed by atoms with E-state index in [4.69, 9.17) is 4.74 Å². The van der Waals surface area contributed by atoms with Crippen molar-refractivity contribution in [2.45, 2.75) is 65.0 Å². The molecule has 0 bridgehead atoms. The molecule has 1 amide bonds. The Balaban J connectivity index is 1.74. The quantitative estimate of drug-likeness (QED) is 0.773. The monoisotopic (exact) mass is 381 g/mol. The summed E-state index contributed by atoms with van der Waals surface area (Å²) in [5.41, 5.74) is 2.97. The van der Waals surface area contributed by atoms with Gasteiger partial charge in [0, 0.05) is 16.6 Å². The van der Waals surface area contributed by atoms with Gasteiger partial charge in [-0.25, -0.2) is 4.79 Å². The summed E-state index contributed by atoms with van der Waals surface area (Å²) in [6, 6.07) is 7.57. The second-order valence-corrected chi connectivity index (χ2v) is 8.06. The number of hydrogen-bond donors (Lipinski definition) is 2. The van der Waals surface area contributed by atoms with Crippen LogP contribution < -0.4 is 5.32 Å². The second-order valence-electron chi connectivity index (χ2n) is 8.06. The Morgan fingerprint density at radius 2 is 1.96 bits per heavy atom. The van der Waals surface area contributed by atoms with Crippen LogP contribution >= 0.6 is 0 Å². The number of H-pyrrole nitrogens is 1. The Morgan fingerprint density at radius 3 is 2.64 bits per heavy atom. The SMILES string of the molecule is CC(OC(=O)c1ccc2[nH]c3c(c2c1)CCCC3)C(=O)NC(C)(C#N)C(C)C. The maximum absolute atomic E-state index is 12.6. The zero-order chi connectivity index (χ0) is 20.5. The van der Waals surface area contributed by atoms with Crippen LogP contribution in [0.5, 0.6) is 0 Å². The van der Waals surface area contributed by atoms with Crippen LogP contribution in [0.3, 0.4) is 0 Å². The largest absolute Gasteiger partial charge is 0.449 e. The van der Waals surface area contributed by atoms with E-state index in [9.17, 15) is 14.9 Å². The Labute approximate surface area is 165 Å². The van der Waals surface area contributed by atoms with Crippen LogP contribution in [0.2, 0.25) is 0 Å². The van der Waals surface area contributed by atoms with Crippen LogP contribution in [0.25, 0.3) is 10.9 Å². The molecule has 2 unspecified atom stereocenters. The molecule has 1 aliphatic carbocycles. The predicted molar refractivity (Wildman–Crippen MR) is 107 cm³/mol. The number of carbonyl (C=O) groups excluding carboxylic acids is 2. The van der Waals surface area contributed by atoms with Gasteiger partial charge in [0.1, 0.15) is 5.54 Å². The highest BCUT2D eigenvalue weighted by molar-refractivity contribution is 5.97. The van der Waals surface area contributed by atoms with Gasteiger partial charge in [0.25, 0.3) is 5.91 Å². The predicted octanol–water partition coefficient (Wildman–Crippen LogP) is 3.65. The molecular formula is C22H27N3O3. The minimum absolute atomic E-state index is 0.0773. The first kappa shape index (κ1) is 19.9. The van der Waals surface area contributed by atoms with E-state index in [2.05, 4.69) is 16.4 Å². The maximum atomic E-state index is 12.6. The molecule has 0 saturated heterocycles. The van der Waals surface area contributed by atoms with E-state index >= 15 is 0 Å². The van der Waals surface area contributed by atoms with Crippen LogP contribution in [-0.2, 0) is 22.4 Å². The van der Waals surface area contributed by atoms with Crippen molar-refractivity contribution in [2.24, 2.45) is 5.92 Å². The van der Waals surface area contributed by atoms with Gasteiger partial charge >= 0.3 is 5.97 Å². The molecule has 2 N–H and O–H groups in total. The number of nitrogens with zero attached hydrogens (tertiary/aromatic N) is 1. The standard InChI is InChI=1S/C22H27N3O3/c1-13(2)22(4,12-23)25-20(26)14(3)28-21(27)15-9-10-19-17(11-15)16-7-5-6-8-18(16)24-19/h9-11,13-14,24H,5-8H2,1-4H3,(H,25,26). The van der Waals surface area contributed by atoms with Gasteiger partial charge in [0.05, 0.1) is 11.6 Å². The van der Waals surface area contributed by atoms with E-state index in [0.717, 1.165) is 30.2 Å². The Hall–Kier alpha value is -2.81. The first-order valence-electron chi connectivity index (χ1n) is 9.83. The Morgan fingerprint density at radius 1 is 1.25 bits per heavy atom. The summed E-state index contributed by atoms with van der Waals surface area (Å²) in [4.78, 5) is 28.4. The van der Waals surface area contributed by atoms with Crippen LogP contribution in [0.4, 0.5) is 0 Å². The molecule has 1 aliphatic rings. The number of rotatable bonds is 5. The lowest BCUT2D eigenvalue weighted by molar-refractivity contribution is -0.130. The van der Waals surface area contributed by atoms with Gasteiger partial charge in [-0.2, -0.15) is 5.26 Å². The number of ether oxygens (including phenoxy) is 1. The topological polar surface area (TPSA) is 95.0 Å². The molecule has 6 heteroatoms. The number of nitrogens with one attached hydrogen (secondary N) is 2. The van der Waals surface area contributed by atoms with E-state index in [1.54, 1.807) is 13.0 Å². The summed E-state index contributed by atoms with van der Waals surface area (Å²) >= 11 is 0. The minimum atomic E-state index is -1.01. The number of esters is 1. The molecule has 6 nitrogen and oxygen atoms in total. The van der Waals surface area contributed by atoms with Crippen molar-refractivity contribution in [3.05, 3.63) is 35.0 Å². The lowest BCUT2D eigenvalue weighted by Gasteiger charge is -2.28. The highest BCUT2D eigenvalue weighted by Gasteiger charge is 2.32. The summed E-state index contributed by atoms with van der Waals surface area (Å²) in [5.74, 6) is -1.10. The highest BCUT2D eigenvalue weighted by atomic mass is 16.5. The normalized spacial score (nSPS) is 16.7. The molecule has 2 aromatic rings. The van der Waals surface area contributed by atoms with E-state index in [1.807, 2.05) is 26.0 Å². The van der Waals surface area contributed by atoms with Gasteiger partial charge in [-0.3, -0.25) is 4.79 Å². The number of carbonyl (C=O) groups is 2. The molecule has 0 saturated carbocycles. The molecule has 0 radical (unpaired) electrons. The molecule has 1 heterocycles. The van der Waals surface area contributed by atoms with Crippen molar-refractivity contribution < 1.29 is 14.3 Å². The maximum Gasteiger partial charge on any atom is 0.338 e. The number of fused-ring (bicyclic) bond motifs is 3. The Bertz CT molecular complexity index is 954. The van der Waals surface area contributed by atoms with Crippen LogP contribution in [0.1, 0.15) is 62.2 Å². The number of aromatic amines is 1. The zero-order valence-corrected chi connectivity index (χ0v) is 16.9. The molecule has 148 valence electrons. The number of aryl methyl sites for hydroxylation is 2. The molecular weight excluding hydrogens is 354 g/mol. The third kappa shape index (κ3) is 3.75. The molecule has 2 atom stereocenters. The lowest BCUT2D eigenvalue weighted by Crippen LogP contribution is -2.52. The van der Waals surface area contributed by atoms with Crippen molar-refractivity contribution in [2.75, 3.05) is 0 Å². The van der Waals surface area contributed by atoms with Gasteiger partial charge in [0.15, 0.2) is 6.10 Å². The number of amides is 1. The highest BCUT2D eigenvalue weighted by Crippen LogP contribution is 2.30. The first-order chi connectivity index (χ1) is 13.2. The smallest absolute Gasteiger partial charge is 0.338 e. The van der Waals surface area contributed by atoms with Gasteiger partial charge in [-0.05, 0) is 69.2 Å². The summed E-state index contributed by atoms with van der Waals surface area (Å²) in [7, 11) is 0. The van der Waals surface area contributed by atoms with Crippen LogP contribution in [0, 0.1) is 17.2 Å². The molecule has 0 aliphatic heterocycles. The van der Waals surface area contributed by atoms with Crippen molar-refractivity contribution in [1.82, 2.24) is 10.3 Å². The summed E-state index contributed by atoms with van der Waals surface area (Å²) < 4.78 is 5.37. The summed E-state index contributed by atoms with van der Waals surface area (Å²) in [5, 5.41) is 13.1. The van der Waals surface area contributed by atoms with Crippen molar-refractivity contribution >= 4 is 22.8 Å². The van der Waals surface area contributed by atoms with Crippen molar-refractivity contribution in [1.29, 1.82) is 5.26 Å². The number of aromatic nitrogens is 1. The number of benzene rings is 1. The molecule has 0 fully saturated rings. The van der Waals surface area contributed by atoms with Crippen LogP contribution in [-0.4, -0.2) is 28.5 Å². The summed E-state index contributed by atoms with van der Waals surface area (Å²) in [6.45, 7) is 6.88. The number of nitriles is 1. The first-order valence-corrected chi connectivity index (χ1v) is 9.83. The lowest BCUT2D eigenvalue weighted by atomic mass is 9.90. The molecule has 1 aromatic carbocycles. The molecule has 3 rings (SSSR count). The van der Waals surface area contributed by atoms with E-state index in [1.165, 1.54) is 24.6 Å². The van der Waals surface area contributed by atoms with Crippen molar-refractivity contribution in [3.8, 4) is 6.07 Å². The van der Waals surface area contributed by atoms with Gasteiger partial charge in [0.2, 0.25) is 0 Å². The molecule has 28 heavy (non-hydrogen) atoms. The van der Waals surface area contributed by atoms with E-state index < -0.39 is 23.5 Å². The third-order valence-electron chi connectivity index (χ3n) is 5.76. The molecule has 0 spiro atoms. The fourth-order valence-electron chi connectivity index (χ4n) is 3.47. The third-order valence-corrected chi connectivity index (χ3v) is 5.76. The molecule has 1 aromatic heterocycles. The van der Waals surface area contributed by atoms with Gasteiger partial charge in [-0.1, -0.05) is 13.8 Å². The van der Waals surface area contributed by atoms with Gasteiger partial charge in [-0.15, -0.1) is 0 Å². The zero-order valence-electron chi connectivity index (χ0n) is 16.9. The van der Waals surface area contributed by atoms with Gasteiger partial charge < -0.3 is 15.0 Å². The van der Waals surface area contributed by atoms with Crippen LogP contribution in [0.15, 0.2) is 18.2 Å². The average molecular weight is 381 g/mol. The second kappa shape index (κ2) is 7.67. The summed E-state index contributed by atoms with van der Waals surface area (Å²) in [6.07, 6.45) is 3.39. The van der Waals surface area contributed by atoms with E-state index in [0.29, 0.717) is 5.56 Å². The minimum Gasteiger partial charge on any atom is -0.449 e. The van der Waals surface area contributed by atoms with E-state index in [-0.39, 0.29) is 5.92 Å². The number of hydrogen-bond acceptors (Lipinski definition) is 4. The Kier molecular flexibility index (Phi) is 5.46. The fraction of sp³-hybridized carbons (Fsp3) is 0.500.